The lowest BCUT2D eigenvalue weighted by atomic mass is 10.1. The Labute approximate surface area is 128 Å². The van der Waals surface area contributed by atoms with Gasteiger partial charge >= 0.3 is 0 Å². The number of aromatic nitrogens is 2. The molecule has 2 heterocycles. The van der Waals surface area contributed by atoms with Gasteiger partial charge < -0.3 is 5.73 Å². The maximum absolute atomic E-state index is 5.88. The summed E-state index contributed by atoms with van der Waals surface area (Å²) in [5, 5.41) is 0. The van der Waals surface area contributed by atoms with Crippen LogP contribution in [-0.2, 0) is 0 Å². The van der Waals surface area contributed by atoms with Gasteiger partial charge in [-0.3, -0.25) is 4.40 Å². The van der Waals surface area contributed by atoms with E-state index < -0.39 is 0 Å². The molecule has 0 bridgehead atoms. The van der Waals surface area contributed by atoms with Crippen LogP contribution in [0.1, 0.15) is 0 Å². The minimum absolute atomic E-state index is 0.758. The second kappa shape index (κ2) is 5.04. The molecule has 2 aromatic carbocycles. The van der Waals surface area contributed by atoms with Crippen LogP contribution < -0.4 is 5.73 Å². The summed E-state index contributed by atoms with van der Waals surface area (Å²) in [6, 6.07) is 22.4. The van der Waals surface area contributed by atoms with Crippen LogP contribution in [0.25, 0.3) is 28.0 Å². The first-order valence-corrected chi connectivity index (χ1v) is 7.20. The standard InChI is InChI=1S/C19H15N3/c20-17-8-4-7-16(11-17)18-13-21-19-12-15(9-10-22(18)19)14-5-2-1-3-6-14/h1-13H,20H2. The van der Waals surface area contributed by atoms with E-state index in [1.165, 1.54) is 5.56 Å². The minimum Gasteiger partial charge on any atom is -0.399 e. The number of nitrogens with zero attached hydrogens (tertiary/aromatic N) is 2. The number of rotatable bonds is 2. The van der Waals surface area contributed by atoms with Crippen molar-refractivity contribution in [3.05, 3.63) is 79.1 Å². The molecule has 106 valence electrons. The topological polar surface area (TPSA) is 43.3 Å². The number of nitrogen functional groups attached to an aromatic ring is 1. The highest BCUT2D eigenvalue weighted by molar-refractivity contribution is 5.71. The first-order chi connectivity index (χ1) is 10.8. The van der Waals surface area contributed by atoms with Gasteiger partial charge in [0, 0.05) is 17.4 Å². The largest absolute Gasteiger partial charge is 0.399 e. The maximum atomic E-state index is 5.88. The molecule has 22 heavy (non-hydrogen) atoms. The van der Waals surface area contributed by atoms with Crippen LogP contribution in [0.4, 0.5) is 5.69 Å². The number of benzene rings is 2. The van der Waals surface area contributed by atoms with E-state index in [2.05, 4.69) is 39.8 Å². The van der Waals surface area contributed by atoms with Gasteiger partial charge in [0.15, 0.2) is 0 Å². The summed E-state index contributed by atoms with van der Waals surface area (Å²) in [5.41, 5.74) is 12.0. The third kappa shape index (κ3) is 2.13. The molecular formula is C19H15N3. The zero-order valence-corrected chi connectivity index (χ0v) is 12.0. The van der Waals surface area contributed by atoms with E-state index in [0.717, 1.165) is 28.2 Å². The fraction of sp³-hybridized carbons (Fsp3) is 0. The molecule has 0 aliphatic heterocycles. The van der Waals surface area contributed by atoms with Crippen LogP contribution in [0.15, 0.2) is 79.1 Å². The summed E-state index contributed by atoms with van der Waals surface area (Å²) in [6.45, 7) is 0. The molecule has 4 aromatic rings. The summed E-state index contributed by atoms with van der Waals surface area (Å²) in [5.74, 6) is 0. The molecular weight excluding hydrogens is 270 g/mol. The molecule has 0 aliphatic rings. The molecule has 2 N–H and O–H groups in total. The second-order valence-corrected chi connectivity index (χ2v) is 5.28. The van der Waals surface area contributed by atoms with Crippen molar-refractivity contribution in [1.82, 2.24) is 9.38 Å². The van der Waals surface area contributed by atoms with Crippen LogP contribution in [0.5, 0.6) is 0 Å². The van der Waals surface area contributed by atoms with Gasteiger partial charge in [0.1, 0.15) is 5.65 Å². The van der Waals surface area contributed by atoms with E-state index in [9.17, 15) is 0 Å². The quantitative estimate of drug-likeness (QED) is 0.559. The van der Waals surface area contributed by atoms with E-state index in [4.69, 9.17) is 5.73 Å². The third-order valence-corrected chi connectivity index (χ3v) is 3.80. The summed E-state index contributed by atoms with van der Waals surface area (Å²) < 4.78 is 2.08. The molecule has 0 amide bonds. The van der Waals surface area contributed by atoms with Gasteiger partial charge in [0.2, 0.25) is 0 Å². The van der Waals surface area contributed by atoms with E-state index in [1.54, 1.807) is 0 Å². The molecule has 0 saturated carbocycles. The number of hydrogen-bond acceptors (Lipinski definition) is 2. The molecule has 4 rings (SSSR count). The van der Waals surface area contributed by atoms with Crippen molar-refractivity contribution in [2.24, 2.45) is 0 Å². The maximum Gasteiger partial charge on any atom is 0.137 e. The second-order valence-electron chi connectivity index (χ2n) is 5.28. The number of hydrogen-bond donors (Lipinski definition) is 1. The van der Waals surface area contributed by atoms with Crippen LogP contribution >= 0.6 is 0 Å². The summed E-state index contributed by atoms with van der Waals surface area (Å²) in [6.07, 6.45) is 3.95. The normalized spacial score (nSPS) is 10.9. The summed E-state index contributed by atoms with van der Waals surface area (Å²) >= 11 is 0. The first-order valence-electron chi connectivity index (χ1n) is 7.20. The molecule has 3 nitrogen and oxygen atoms in total. The van der Waals surface area contributed by atoms with E-state index in [0.29, 0.717) is 0 Å². The van der Waals surface area contributed by atoms with Gasteiger partial charge in [-0.2, -0.15) is 0 Å². The van der Waals surface area contributed by atoms with Crippen molar-refractivity contribution in [2.45, 2.75) is 0 Å². The van der Waals surface area contributed by atoms with Crippen LogP contribution in [0.2, 0.25) is 0 Å². The Morgan fingerprint density at radius 1 is 0.773 bits per heavy atom. The molecule has 0 unspecified atom stereocenters. The number of fused-ring (bicyclic) bond motifs is 1. The van der Waals surface area contributed by atoms with Gasteiger partial charge in [0.05, 0.1) is 11.9 Å². The average Bonchev–Trinajstić information content (AvgIpc) is 2.99. The average molecular weight is 285 g/mol. The molecule has 0 spiro atoms. The lowest BCUT2D eigenvalue weighted by molar-refractivity contribution is 1.19. The van der Waals surface area contributed by atoms with Crippen LogP contribution in [0, 0.1) is 0 Å². The highest BCUT2D eigenvalue weighted by Gasteiger charge is 2.07. The summed E-state index contributed by atoms with van der Waals surface area (Å²) in [4.78, 5) is 4.53. The molecule has 2 aromatic heterocycles. The number of anilines is 1. The van der Waals surface area contributed by atoms with Crippen molar-refractivity contribution in [3.63, 3.8) is 0 Å². The van der Waals surface area contributed by atoms with Crippen LogP contribution in [-0.4, -0.2) is 9.38 Å². The minimum atomic E-state index is 0.758. The lowest BCUT2D eigenvalue weighted by Crippen LogP contribution is -1.90. The highest BCUT2D eigenvalue weighted by Crippen LogP contribution is 2.25. The van der Waals surface area contributed by atoms with Crippen molar-refractivity contribution in [3.8, 4) is 22.4 Å². The molecule has 0 saturated heterocycles. The molecule has 3 heteroatoms. The van der Waals surface area contributed by atoms with Crippen molar-refractivity contribution >= 4 is 11.3 Å². The number of nitrogens with two attached hydrogens (primary N) is 1. The van der Waals surface area contributed by atoms with Gasteiger partial charge in [-0.05, 0) is 35.4 Å². The van der Waals surface area contributed by atoms with Gasteiger partial charge in [-0.1, -0.05) is 42.5 Å². The fourth-order valence-electron chi connectivity index (χ4n) is 2.70. The molecule has 0 aliphatic carbocycles. The third-order valence-electron chi connectivity index (χ3n) is 3.80. The Morgan fingerprint density at radius 3 is 2.41 bits per heavy atom. The smallest absolute Gasteiger partial charge is 0.137 e. The van der Waals surface area contributed by atoms with Gasteiger partial charge in [-0.15, -0.1) is 0 Å². The van der Waals surface area contributed by atoms with Gasteiger partial charge in [-0.25, -0.2) is 4.98 Å². The Bertz CT molecular complexity index is 939. The fourth-order valence-corrected chi connectivity index (χ4v) is 2.70. The molecule has 0 fully saturated rings. The Hall–Kier alpha value is -3.07. The predicted octanol–water partition coefficient (Wildman–Crippen LogP) is 4.25. The van der Waals surface area contributed by atoms with Gasteiger partial charge in [0.25, 0.3) is 0 Å². The lowest BCUT2D eigenvalue weighted by Gasteiger charge is -2.05. The Balaban J connectivity index is 1.84. The highest BCUT2D eigenvalue weighted by atomic mass is 15.0. The first kappa shape index (κ1) is 12.7. The van der Waals surface area contributed by atoms with E-state index in [-0.39, 0.29) is 0 Å². The van der Waals surface area contributed by atoms with E-state index in [1.807, 2.05) is 48.7 Å². The van der Waals surface area contributed by atoms with Crippen molar-refractivity contribution in [2.75, 3.05) is 5.73 Å². The molecule has 0 radical (unpaired) electrons. The Kier molecular flexibility index (Phi) is 2.90. The number of imidazole rings is 1. The monoisotopic (exact) mass is 285 g/mol. The zero-order valence-electron chi connectivity index (χ0n) is 12.0. The summed E-state index contributed by atoms with van der Waals surface area (Å²) in [7, 11) is 0. The predicted molar refractivity (Wildman–Crippen MR) is 90.5 cm³/mol. The number of pyridine rings is 1. The Morgan fingerprint density at radius 2 is 1.59 bits per heavy atom. The van der Waals surface area contributed by atoms with Crippen molar-refractivity contribution in [1.29, 1.82) is 0 Å². The SMILES string of the molecule is Nc1cccc(-c2cnc3cc(-c4ccccc4)ccn23)c1. The van der Waals surface area contributed by atoms with Crippen molar-refractivity contribution < 1.29 is 0 Å². The zero-order chi connectivity index (χ0) is 14.9. The molecule has 0 atom stereocenters. The van der Waals surface area contributed by atoms with E-state index >= 15 is 0 Å². The van der Waals surface area contributed by atoms with Crippen LogP contribution in [0.3, 0.4) is 0 Å².